The summed E-state index contributed by atoms with van der Waals surface area (Å²) in [7, 11) is 0. The Morgan fingerprint density at radius 1 is 0.778 bits per heavy atom. The third-order valence-corrected chi connectivity index (χ3v) is 5.39. The lowest BCUT2D eigenvalue weighted by molar-refractivity contribution is -0.150. The number of carbonyl (C=O) groups excluding carboxylic acids is 2. The van der Waals surface area contributed by atoms with Gasteiger partial charge in [0, 0.05) is 17.5 Å². The summed E-state index contributed by atoms with van der Waals surface area (Å²) >= 11 is 0. The average Bonchev–Trinajstić information content (AvgIpc) is 2.73. The third kappa shape index (κ3) is 2.27. The molecule has 132 valence electrons. The molecule has 0 radical (unpaired) electrons. The van der Waals surface area contributed by atoms with Crippen LogP contribution >= 0.6 is 0 Å². The molecule has 1 unspecified atom stereocenters. The molecule has 27 heavy (non-hydrogen) atoms. The molecule has 2 aliphatic heterocycles. The molecule has 4 nitrogen and oxygen atoms in total. The van der Waals surface area contributed by atoms with Gasteiger partial charge in [0.05, 0.1) is 12.3 Å². The molecule has 5 rings (SSSR count). The van der Waals surface area contributed by atoms with Crippen LogP contribution in [0.4, 0.5) is 5.69 Å². The Bertz CT molecular complexity index is 1060. The van der Waals surface area contributed by atoms with Crippen molar-refractivity contribution < 1.29 is 14.3 Å². The highest BCUT2D eigenvalue weighted by Gasteiger charge is 2.53. The lowest BCUT2D eigenvalue weighted by Crippen LogP contribution is -2.58. The summed E-state index contributed by atoms with van der Waals surface area (Å²) in [6.45, 7) is 0.340. The van der Waals surface area contributed by atoms with Gasteiger partial charge >= 0.3 is 0 Å². The molecule has 4 heteroatoms. The summed E-state index contributed by atoms with van der Waals surface area (Å²) in [4.78, 5) is 28.1. The Labute approximate surface area is 157 Å². The van der Waals surface area contributed by atoms with Gasteiger partial charge < -0.3 is 4.74 Å². The van der Waals surface area contributed by atoms with Gasteiger partial charge in [-0.3, -0.25) is 9.59 Å². The van der Waals surface area contributed by atoms with Gasteiger partial charge in [-0.05, 0) is 29.3 Å². The zero-order valence-electron chi connectivity index (χ0n) is 14.6. The molecular weight excluding hydrogens is 338 g/mol. The summed E-state index contributed by atoms with van der Waals surface area (Å²) in [5.41, 5.74) is 2.70. The summed E-state index contributed by atoms with van der Waals surface area (Å²) in [6, 6.07) is 24.3. The molecular formula is C23H17NO3. The molecule has 1 atom stereocenters. The minimum atomic E-state index is -1.19. The van der Waals surface area contributed by atoms with Crippen molar-refractivity contribution in [2.24, 2.45) is 0 Å². The van der Waals surface area contributed by atoms with E-state index in [4.69, 9.17) is 4.74 Å². The molecule has 0 aliphatic carbocycles. The number of hydrogen-bond acceptors (Lipinski definition) is 3. The second kappa shape index (κ2) is 5.89. The maximum atomic E-state index is 13.7. The Hall–Kier alpha value is -3.24. The Morgan fingerprint density at radius 2 is 1.44 bits per heavy atom. The van der Waals surface area contributed by atoms with Crippen LogP contribution in [0.3, 0.4) is 0 Å². The highest BCUT2D eigenvalue weighted by atomic mass is 16.5. The average molecular weight is 355 g/mol. The fourth-order valence-corrected chi connectivity index (χ4v) is 4.04. The van der Waals surface area contributed by atoms with Crippen molar-refractivity contribution in [1.82, 2.24) is 0 Å². The second-order valence-corrected chi connectivity index (χ2v) is 6.89. The summed E-state index contributed by atoms with van der Waals surface area (Å²) in [5.74, 6) is -0.637. The van der Waals surface area contributed by atoms with Gasteiger partial charge in [-0.2, -0.15) is 0 Å². The minimum Gasteiger partial charge on any atom is -0.355 e. The maximum Gasteiger partial charge on any atom is 0.271 e. The monoisotopic (exact) mass is 355 g/mol. The highest BCUT2D eigenvalue weighted by Crippen LogP contribution is 2.43. The van der Waals surface area contributed by atoms with Crippen LogP contribution in [0, 0.1) is 0 Å². The van der Waals surface area contributed by atoms with Gasteiger partial charge in [-0.25, -0.2) is 4.90 Å². The molecule has 1 spiro atoms. The predicted molar refractivity (Wildman–Crippen MR) is 101 cm³/mol. The Kier molecular flexibility index (Phi) is 3.49. The van der Waals surface area contributed by atoms with Gasteiger partial charge in [0.2, 0.25) is 0 Å². The smallest absolute Gasteiger partial charge is 0.271 e. The summed E-state index contributed by atoms with van der Waals surface area (Å²) in [6.07, 6.45) is 0.412. The summed E-state index contributed by atoms with van der Waals surface area (Å²) < 4.78 is 6.23. The molecule has 0 fully saturated rings. The lowest BCUT2D eigenvalue weighted by atomic mass is 9.77. The first-order valence-electron chi connectivity index (χ1n) is 8.95. The molecule has 3 aromatic rings. The number of anilines is 1. The number of amides is 2. The first kappa shape index (κ1) is 16.0. The van der Waals surface area contributed by atoms with Gasteiger partial charge in [0.15, 0.2) is 5.60 Å². The number of nitrogens with zero attached hydrogens (tertiary/aromatic N) is 1. The van der Waals surface area contributed by atoms with Crippen molar-refractivity contribution in [3.05, 3.63) is 101 Å². The molecule has 2 aliphatic rings. The molecule has 3 aromatic carbocycles. The second-order valence-electron chi connectivity index (χ2n) is 6.89. The molecule has 0 N–H and O–H groups in total. The predicted octanol–water partition coefficient (Wildman–Crippen LogP) is 3.84. The van der Waals surface area contributed by atoms with E-state index in [-0.39, 0.29) is 11.8 Å². The molecule has 2 heterocycles. The zero-order chi connectivity index (χ0) is 18.4. The van der Waals surface area contributed by atoms with Crippen LogP contribution in [0.1, 0.15) is 27.0 Å². The van der Waals surface area contributed by atoms with E-state index in [0.717, 1.165) is 11.1 Å². The van der Waals surface area contributed by atoms with Crippen LogP contribution in [0.15, 0.2) is 78.9 Å². The van der Waals surface area contributed by atoms with Crippen LogP contribution in [-0.4, -0.2) is 11.8 Å². The van der Waals surface area contributed by atoms with E-state index in [1.807, 2.05) is 60.7 Å². The number of hydrogen-bond donors (Lipinski definition) is 0. The fraction of sp³-hybridized carbons (Fsp3) is 0.130. The largest absolute Gasteiger partial charge is 0.355 e. The number of carbonyl (C=O) groups is 2. The first-order valence-corrected chi connectivity index (χ1v) is 8.95. The van der Waals surface area contributed by atoms with Gasteiger partial charge in [-0.1, -0.05) is 60.7 Å². The minimum absolute atomic E-state index is 0.310. The SMILES string of the molecule is O=C1c2ccccc2C2(Cc3ccccc3CO2)C(=O)N1c1ccccc1. The van der Waals surface area contributed by atoms with E-state index < -0.39 is 5.60 Å². The standard InChI is InChI=1S/C23H17NO3/c25-21-19-12-6-7-13-20(19)23(14-16-8-4-5-9-17(16)15-27-23)22(26)24(21)18-10-2-1-3-11-18/h1-13H,14-15H2. The van der Waals surface area contributed by atoms with E-state index in [2.05, 4.69) is 0 Å². The van der Waals surface area contributed by atoms with Crippen molar-refractivity contribution in [3.8, 4) is 0 Å². The topological polar surface area (TPSA) is 46.6 Å². The van der Waals surface area contributed by atoms with E-state index in [9.17, 15) is 9.59 Å². The number of fused-ring (bicyclic) bond motifs is 3. The van der Waals surface area contributed by atoms with E-state index in [1.54, 1.807) is 18.2 Å². The number of ether oxygens (including phenoxy) is 1. The van der Waals surface area contributed by atoms with Crippen LogP contribution in [-0.2, 0) is 28.2 Å². The van der Waals surface area contributed by atoms with Crippen LogP contribution in [0.5, 0.6) is 0 Å². The van der Waals surface area contributed by atoms with Crippen molar-refractivity contribution >= 4 is 17.5 Å². The molecule has 0 saturated carbocycles. The van der Waals surface area contributed by atoms with Crippen LogP contribution in [0.25, 0.3) is 0 Å². The number of rotatable bonds is 1. The maximum absolute atomic E-state index is 13.7. The quantitative estimate of drug-likeness (QED) is 0.623. The van der Waals surface area contributed by atoms with Gasteiger partial charge in [0.1, 0.15) is 0 Å². The molecule has 0 aromatic heterocycles. The first-order chi connectivity index (χ1) is 13.2. The fourth-order valence-electron chi connectivity index (χ4n) is 4.04. The van der Waals surface area contributed by atoms with Gasteiger partial charge in [0.25, 0.3) is 11.8 Å². The normalized spacial score (nSPS) is 21.1. The van der Waals surface area contributed by atoms with E-state index in [0.29, 0.717) is 29.8 Å². The molecule has 0 bridgehead atoms. The zero-order valence-corrected chi connectivity index (χ0v) is 14.6. The van der Waals surface area contributed by atoms with Crippen LogP contribution in [0.2, 0.25) is 0 Å². The number of para-hydroxylation sites is 1. The molecule has 0 saturated heterocycles. The van der Waals surface area contributed by atoms with Crippen molar-refractivity contribution in [2.45, 2.75) is 18.6 Å². The Balaban J connectivity index is 1.72. The van der Waals surface area contributed by atoms with Crippen LogP contribution < -0.4 is 4.90 Å². The Morgan fingerprint density at radius 3 is 2.26 bits per heavy atom. The van der Waals surface area contributed by atoms with E-state index in [1.165, 1.54) is 4.90 Å². The summed E-state index contributed by atoms with van der Waals surface area (Å²) in [5, 5.41) is 0. The van der Waals surface area contributed by atoms with Gasteiger partial charge in [-0.15, -0.1) is 0 Å². The molecule has 2 amide bonds. The van der Waals surface area contributed by atoms with E-state index >= 15 is 0 Å². The van der Waals surface area contributed by atoms with Crippen molar-refractivity contribution in [2.75, 3.05) is 4.90 Å². The highest BCUT2D eigenvalue weighted by molar-refractivity contribution is 6.27. The number of benzene rings is 3. The van der Waals surface area contributed by atoms with Crippen molar-refractivity contribution in [3.63, 3.8) is 0 Å². The van der Waals surface area contributed by atoms with Crippen molar-refractivity contribution in [1.29, 1.82) is 0 Å². The number of imide groups is 1. The lowest BCUT2D eigenvalue weighted by Gasteiger charge is -2.44. The third-order valence-electron chi connectivity index (χ3n) is 5.39.